The standard InChI is InChI=1S/C10H11N5/c11-9(12)7-3-4-15-8(5-7)13-14-10(15)6-1-2-6/h3-6H,1-2H2,(H3,11,12). The van der Waals surface area contributed by atoms with E-state index in [4.69, 9.17) is 11.1 Å². The first-order chi connectivity index (χ1) is 7.25. The molecule has 0 atom stereocenters. The molecule has 1 saturated carbocycles. The second kappa shape index (κ2) is 2.79. The van der Waals surface area contributed by atoms with Crippen molar-refractivity contribution >= 4 is 11.5 Å². The summed E-state index contributed by atoms with van der Waals surface area (Å²) in [5, 5.41) is 15.6. The minimum absolute atomic E-state index is 0.0634. The molecular formula is C10H11N5. The molecule has 1 fully saturated rings. The number of pyridine rings is 1. The van der Waals surface area contributed by atoms with Gasteiger partial charge in [0.1, 0.15) is 11.7 Å². The third-order valence-corrected chi connectivity index (χ3v) is 2.69. The first-order valence-corrected chi connectivity index (χ1v) is 4.95. The van der Waals surface area contributed by atoms with Gasteiger partial charge in [-0.1, -0.05) is 0 Å². The number of nitrogens with two attached hydrogens (primary N) is 1. The molecule has 3 N–H and O–H groups in total. The predicted octanol–water partition coefficient (Wildman–Crippen LogP) is 0.891. The van der Waals surface area contributed by atoms with Gasteiger partial charge in [-0.25, -0.2) is 0 Å². The van der Waals surface area contributed by atoms with Crippen molar-refractivity contribution in [2.75, 3.05) is 0 Å². The van der Waals surface area contributed by atoms with Crippen molar-refractivity contribution in [3.8, 4) is 0 Å². The molecule has 2 heterocycles. The summed E-state index contributed by atoms with van der Waals surface area (Å²) >= 11 is 0. The smallest absolute Gasteiger partial charge is 0.161 e. The summed E-state index contributed by atoms with van der Waals surface area (Å²) < 4.78 is 1.98. The van der Waals surface area contributed by atoms with Gasteiger partial charge in [-0.2, -0.15) is 0 Å². The SMILES string of the molecule is N=C(N)c1ccn2c(C3CC3)nnc2c1. The Hall–Kier alpha value is -1.91. The lowest BCUT2D eigenvalue weighted by Crippen LogP contribution is -2.11. The van der Waals surface area contributed by atoms with E-state index in [2.05, 4.69) is 10.2 Å². The van der Waals surface area contributed by atoms with Crippen LogP contribution in [0.25, 0.3) is 5.65 Å². The molecule has 0 unspecified atom stereocenters. The molecule has 3 rings (SSSR count). The Balaban J connectivity index is 2.17. The number of nitrogen functional groups attached to an aromatic ring is 1. The largest absolute Gasteiger partial charge is 0.384 e. The first-order valence-electron chi connectivity index (χ1n) is 4.95. The van der Waals surface area contributed by atoms with Gasteiger partial charge >= 0.3 is 0 Å². The molecule has 0 amide bonds. The first kappa shape index (κ1) is 8.40. The number of rotatable bonds is 2. The Bertz CT molecular complexity index is 538. The van der Waals surface area contributed by atoms with Crippen LogP contribution in [0.15, 0.2) is 18.3 Å². The third kappa shape index (κ3) is 1.27. The zero-order chi connectivity index (χ0) is 10.4. The maximum Gasteiger partial charge on any atom is 0.161 e. The van der Waals surface area contributed by atoms with Crippen LogP contribution in [-0.4, -0.2) is 20.4 Å². The van der Waals surface area contributed by atoms with E-state index in [1.54, 1.807) is 6.07 Å². The zero-order valence-electron chi connectivity index (χ0n) is 8.14. The van der Waals surface area contributed by atoms with E-state index in [9.17, 15) is 0 Å². The van der Waals surface area contributed by atoms with Crippen molar-refractivity contribution in [1.82, 2.24) is 14.6 Å². The van der Waals surface area contributed by atoms with Gasteiger partial charge in [-0.15, -0.1) is 10.2 Å². The fourth-order valence-electron chi connectivity index (χ4n) is 1.70. The molecule has 2 aromatic heterocycles. The Morgan fingerprint density at radius 3 is 2.93 bits per heavy atom. The zero-order valence-corrected chi connectivity index (χ0v) is 8.14. The highest BCUT2D eigenvalue weighted by atomic mass is 15.2. The molecule has 0 aromatic carbocycles. The van der Waals surface area contributed by atoms with Crippen LogP contribution in [0.2, 0.25) is 0 Å². The van der Waals surface area contributed by atoms with Gasteiger partial charge in [0.25, 0.3) is 0 Å². The van der Waals surface area contributed by atoms with Gasteiger partial charge in [-0.05, 0) is 25.0 Å². The molecule has 1 aliphatic rings. The highest BCUT2D eigenvalue weighted by Gasteiger charge is 2.28. The molecule has 76 valence electrons. The van der Waals surface area contributed by atoms with Crippen LogP contribution in [0, 0.1) is 5.41 Å². The van der Waals surface area contributed by atoms with Gasteiger partial charge in [-0.3, -0.25) is 9.81 Å². The lowest BCUT2D eigenvalue weighted by Gasteiger charge is -2.00. The van der Waals surface area contributed by atoms with E-state index in [1.165, 1.54) is 12.8 Å². The minimum Gasteiger partial charge on any atom is -0.384 e. The van der Waals surface area contributed by atoms with E-state index in [0.29, 0.717) is 11.5 Å². The van der Waals surface area contributed by atoms with Gasteiger partial charge < -0.3 is 5.73 Å². The Morgan fingerprint density at radius 2 is 2.27 bits per heavy atom. The number of nitrogens with zero attached hydrogens (tertiary/aromatic N) is 3. The Labute approximate surface area is 86.4 Å². The fraction of sp³-hybridized carbons (Fsp3) is 0.300. The minimum atomic E-state index is 0.0634. The molecule has 1 aliphatic carbocycles. The van der Waals surface area contributed by atoms with E-state index in [0.717, 1.165) is 11.5 Å². The van der Waals surface area contributed by atoms with Crippen molar-refractivity contribution < 1.29 is 0 Å². The maximum absolute atomic E-state index is 7.33. The fourth-order valence-corrected chi connectivity index (χ4v) is 1.70. The summed E-state index contributed by atoms with van der Waals surface area (Å²) in [5.41, 5.74) is 6.87. The summed E-state index contributed by atoms with van der Waals surface area (Å²) in [6.45, 7) is 0. The molecule has 2 aromatic rings. The topological polar surface area (TPSA) is 80.1 Å². The van der Waals surface area contributed by atoms with Gasteiger partial charge in [0.2, 0.25) is 0 Å². The summed E-state index contributed by atoms with van der Waals surface area (Å²) in [6, 6.07) is 3.62. The normalized spacial score (nSPS) is 15.7. The summed E-state index contributed by atoms with van der Waals surface area (Å²) in [5.74, 6) is 1.66. The second-order valence-corrected chi connectivity index (χ2v) is 3.89. The number of aromatic nitrogens is 3. The van der Waals surface area contributed by atoms with Crippen molar-refractivity contribution in [3.05, 3.63) is 29.7 Å². The van der Waals surface area contributed by atoms with Crippen LogP contribution in [-0.2, 0) is 0 Å². The lowest BCUT2D eigenvalue weighted by molar-refractivity contribution is 0.897. The summed E-state index contributed by atoms with van der Waals surface area (Å²) in [6.07, 6.45) is 4.30. The molecule has 0 bridgehead atoms. The number of fused-ring (bicyclic) bond motifs is 1. The third-order valence-electron chi connectivity index (χ3n) is 2.69. The molecule has 5 heteroatoms. The molecule has 0 saturated heterocycles. The Kier molecular flexibility index (Phi) is 1.56. The van der Waals surface area contributed by atoms with Crippen LogP contribution in [0.3, 0.4) is 0 Å². The lowest BCUT2D eigenvalue weighted by atomic mass is 10.2. The van der Waals surface area contributed by atoms with Crippen molar-refractivity contribution in [3.63, 3.8) is 0 Å². The molecule has 0 radical (unpaired) electrons. The van der Waals surface area contributed by atoms with Gasteiger partial charge in [0, 0.05) is 17.7 Å². The average Bonchev–Trinajstić information content (AvgIpc) is 2.98. The van der Waals surface area contributed by atoms with Crippen LogP contribution < -0.4 is 5.73 Å². The number of hydrogen-bond donors (Lipinski definition) is 2. The van der Waals surface area contributed by atoms with Crippen molar-refractivity contribution in [1.29, 1.82) is 5.41 Å². The summed E-state index contributed by atoms with van der Waals surface area (Å²) in [4.78, 5) is 0. The number of nitrogens with one attached hydrogen (secondary N) is 1. The van der Waals surface area contributed by atoms with E-state index in [1.807, 2.05) is 16.7 Å². The number of hydrogen-bond acceptors (Lipinski definition) is 3. The van der Waals surface area contributed by atoms with Crippen LogP contribution in [0.4, 0.5) is 0 Å². The molecule has 5 nitrogen and oxygen atoms in total. The second-order valence-electron chi connectivity index (χ2n) is 3.89. The Morgan fingerprint density at radius 1 is 1.47 bits per heavy atom. The highest BCUT2D eigenvalue weighted by molar-refractivity contribution is 5.95. The van der Waals surface area contributed by atoms with Crippen molar-refractivity contribution in [2.24, 2.45) is 5.73 Å². The van der Waals surface area contributed by atoms with Crippen LogP contribution in [0.1, 0.15) is 30.1 Å². The van der Waals surface area contributed by atoms with Crippen molar-refractivity contribution in [2.45, 2.75) is 18.8 Å². The molecule has 0 spiro atoms. The van der Waals surface area contributed by atoms with Gasteiger partial charge in [0.15, 0.2) is 5.65 Å². The number of amidine groups is 1. The van der Waals surface area contributed by atoms with E-state index in [-0.39, 0.29) is 5.84 Å². The molecular weight excluding hydrogens is 190 g/mol. The molecule has 15 heavy (non-hydrogen) atoms. The van der Waals surface area contributed by atoms with Gasteiger partial charge in [0.05, 0.1) is 0 Å². The highest BCUT2D eigenvalue weighted by Crippen LogP contribution is 2.38. The monoisotopic (exact) mass is 201 g/mol. The maximum atomic E-state index is 7.33. The van der Waals surface area contributed by atoms with Crippen LogP contribution >= 0.6 is 0 Å². The molecule has 0 aliphatic heterocycles. The predicted molar refractivity (Wildman–Crippen MR) is 56.0 cm³/mol. The van der Waals surface area contributed by atoms with Crippen LogP contribution in [0.5, 0.6) is 0 Å². The summed E-state index contributed by atoms with van der Waals surface area (Å²) in [7, 11) is 0. The van der Waals surface area contributed by atoms with E-state index >= 15 is 0 Å². The van der Waals surface area contributed by atoms with E-state index < -0.39 is 0 Å². The average molecular weight is 201 g/mol. The quantitative estimate of drug-likeness (QED) is 0.559.